The third-order valence-electron chi connectivity index (χ3n) is 5.00. The number of phenols is 1. The van der Waals surface area contributed by atoms with Crippen LogP contribution in [0.1, 0.15) is 62.4 Å². The molecule has 0 unspecified atom stereocenters. The Hall–Kier alpha value is -3.17. The van der Waals surface area contributed by atoms with Gasteiger partial charge in [0.05, 0.1) is 6.61 Å². The number of esters is 1. The van der Waals surface area contributed by atoms with Crippen molar-refractivity contribution in [1.29, 1.82) is 0 Å². The second kappa shape index (κ2) is 14.8. The number of phenolic OH excluding ortho intramolecular Hbond substituents is 1. The molecule has 0 aliphatic carbocycles. The molecule has 1 aromatic rings. The smallest absolute Gasteiger partial charge is 0.342 e. The van der Waals surface area contributed by atoms with E-state index >= 15 is 0 Å². The average Bonchev–Trinajstić information content (AvgIpc) is 2.70. The maximum absolute atomic E-state index is 12.8. The van der Waals surface area contributed by atoms with Crippen molar-refractivity contribution < 1.29 is 39.9 Å². The summed E-state index contributed by atoms with van der Waals surface area (Å²) in [7, 11) is 0. The van der Waals surface area contributed by atoms with Crippen LogP contribution >= 0.6 is 0 Å². The summed E-state index contributed by atoms with van der Waals surface area (Å²) >= 11 is 0. The quantitative estimate of drug-likeness (QED) is 0.499. The number of ether oxygens (including phenoxy) is 2. The van der Waals surface area contributed by atoms with Crippen LogP contribution in [0.3, 0.4) is 0 Å². The van der Waals surface area contributed by atoms with E-state index in [0.717, 1.165) is 0 Å². The van der Waals surface area contributed by atoms with Crippen LogP contribution in [0.4, 0.5) is 0 Å². The molecule has 33 heavy (non-hydrogen) atoms. The zero-order valence-corrected chi connectivity index (χ0v) is 19.3. The van der Waals surface area contributed by atoms with Gasteiger partial charge in [-0.25, -0.2) is 4.79 Å². The lowest BCUT2D eigenvalue weighted by molar-refractivity contribution is -0.119. The van der Waals surface area contributed by atoms with Crippen LogP contribution in [0.15, 0.2) is 30.4 Å². The normalized spacial score (nSPS) is 20.6. The molecule has 0 radical (unpaired) electrons. The van der Waals surface area contributed by atoms with Gasteiger partial charge in [0.2, 0.25) is 5.91 Å². The fraction of sp³-hybridized carbons (Fsp3) is 0.458. The lowest BCUT2D eigenvalue weighted by atomic mass is 10.0. The van der Waals surface area contributed by atoms with Crippen molar-refractivity contribution in [3.63, 3.8) is 0 Å². The van der Waals surface area contributed by atoms with Gasteiger partial charge in [-0.1, -0.05) is 25.2 Å². The number of carbonyl (C=O) groups excluding carboxylic acids is 3. The van der Waals surface area contributed by atoms with Crippen molar-refractivity contribution in [2.75, 3.05) is 13.2 Å². The van der Waals surface area contributed by atoms with E-state index < -0.39 is 12.1 Å². The molecule has 1 aliphatic heterocycles. The molecule has 0 saturated carbocycles. The monoisotopic (exact) mass is 465 g/mol. The summed E-state index contributed by atoms with van der Waals surface area (Å²) in [5.41, 5.74) is 0.568. The highest BCUT2D eigenvalue weighted by molar-refractivity contribution is 5.97. The first kappa shape index (κ1) is 29.8. The highest BCUT2D eigenvalue weighted by Gasteiger charge is 2.23. The maximum atomic E-state index is 12.8. The average molecular weight is 466 g/mol. The Morgan fingerprint density at radius 1 is 1.21 bits per heavy atom. The summed E-state index contributed by atoms with van der Waals surface area (Å²) in [6.45, 7) is 5.90. The lowest BCUT2D eigenvalue weighted by Crippen LogP contribution is -2.22. The number of aromatic hydroxyl groups is 1. The lowest BCUT2D eigenvalue weighted by Gasteiger charge is -2.19. The summed E-state index contributed by atoms with van der Waals surface area (Å²) in [6, 6.07) is 3.07. The van der Waals surface area contributed by atoms with Gasteiger partial charge in [-0.05, 0) is 43.9 Å². The van der Waals surface area contributed by atoms with E-state index in [9.17, 15) is 19.5 Å². The molecule has 9 nitrogen and oxygen atoms in total. The first-order valence-electron chi connectivity index (χ1n) is 10.6. The molecule has 1 aromatic carbocycles. The molecule has 2 rings (SSSR count). The molecule has 2 atom stereocenters. The highest BCUT2D eigenvalue weighted by atomic mass is 16.5. The standard InChI is InChI=1S/C24H31NO6.2H2O/c1-16-10-11-20(27)9-6-4-5-8-19-14-21(30-13-7-12-25-18(3)26)15-22(28)23(19)24(29)31-17(16)2;;/h5,8,10-11,14-17,28H,4,6-7,9,12-13H2,1-3H3,(H,25,26);2*1H2/b8-5+,11-10-;;/t16-,17+;;/m1../s1. The van der Waals surface area contributed by atoms with E-state index in [2.05, 4.69) is 5.32 Å². The first-order valence-corrected chi connectivity index (χ1v) is 10.6. The largest absolute Gasteiger partial charge is 0.507 e. The Morgan fingerprint density at radius 2 is 1.94 bits per heavy atom. The number of hydrogen-bond donors (Lipinski definition) is 2. The van der Waals surface area contributed by atoms with Gasteiger partial charge >= 0.3 is 5.97 Å². The van der Waals surface area contributed by atoms with Gasteiger partial charge in [0, 0.05) is 31.9 Å². The van der Waals surface area contributed by atoms with Crippen LogP contribution in [0.25, 0.3) is 6.08 Å². The van der Waals surface area contributed by atoms with Crippen molar-refractivity contribution in [3.05, 3.63) is 41.5 Å². The van der Waals surface area contributed by atoms with Gasteiger partial charge in [0.1, 0.15) is 23.2 Å². The van der Waals surface area contributed by atoms with Crippen LogP contribution in [0.5, 0.6) is 11.5 Å². The van der Waals surface area contributed by atoms with Gasteiger partial charge in [-0.3, -0.25) is 9.59 Å². The van der Waals surface area contributed by atoms with Crippen LogP contribution < -0.4 is 10.1 Å². The number of allylic oxidation sites excluding steroid dienone is 2. The molecule has 1 heterocycles. The Balaban J connectivity index is 0.00000512. The number of hydrogen-bond acceptors (Lipinski definition) is 6. The fourth-order valence-corrected chi connectivity index (χ4v) is 3.02. The SMILES string of the molecule is CC(=O)NCCCOc1cc(O)c2c(c1)/C=C/CCCC(=O)/C=C\[C@@H](C)[C@H](C)OC2=O.O.O. The maximum Gasteiger partial charge on any atom is 0.342 e. The molecule has 1 amide bonds. The van der Waals surface area contributed by atoms with Crippen molar-refractivity contribution in [2.45, 2.75) is 52.6 Å². The summed E-state index contributed by atoms with van der Waals surface area (Å²) in [6.07, 6.45) is 8.81. The molecule has 0 bridgehead atoms. The number of nitrogens with one attached hydrogen (secondary N) is 1. The van der Waals surface area contributed by atoms with E-state index in [1.807, 2.05) is 13.0 Å². The van der Waals surface area contributed by atoms with E-state index in [4.69, 9.17) is 9.47 Å². The minimum absolute atomic E-state index is 0. The predicted octanol–water partition coefficient (Wildman–Crippen LogP) is 2.15. The molecule has 0 spiro atoms. The highest BCUT2D eigenvalue weighted by Crippen LogP contribution is 2.31. The Kier molecular flexibility index (Phi) is 13.4. The van der Waals surface area contributed by atoms with E-state index in [1.54, 1.807) is 31.2 Å². The third kappa shape index (κ3) is 9.88. The summed E-state index contributed by atoms with van der Waals surface area (Å²) in [5.74, 6) is -0.648. The van der Waals surface area contributed by atoms with Crippen molar-refractivity contribution in [1.82, 2.24) is 5.32 Å². The van der Waals surface area contributed by atoms with Gasteiger partial charge < -0.3 is 30.8 Å². The number of rotatable bonds is 5. The number of amides is 1. The fourth-order valence-electron chi connectivity index (χ4n) is 3.02. The number of ketones is 1. The minimum atomic E-state index is -0.634. The molecule has 1 aliphatic rings. The van der Waals surface area contributed by atoms with Gasteiger partial charge in [0.25, 0.3) is 0 Å². The summed E-state index contributed by atoms with van der Waals surface area (Å²) in [5, 5.41) is 13.2. The van der Waals surface area contributed by atoms with E-state index in [1.165, 1.54) is 13.0 Å². The van der Waals surface area contributed by atoms with Crippen LogP contribution in [-0.2, 0) is 14.3 Å². The topological polar surface area (TPSA) is 165 Å². The molecule has 0 saturated heterocycles. The second-order valence-electron chi connectivity index (χ2n) is 7.68. The second-order valence-corrected chi connectivity index (χ2v) is 7.68. The molecule has 9 heteroatoms. The zero-order chi connectivity index (χ0) is 22.8. The summed E-state index contributed by atoms with van der Waals surface area (Å²) in [4.78, 5) is 35.7. The Labute approximate surface area is 194 Å². The van der Waals surface area contributed by atoms with Crippen LogP contribution in [0, 0.1) is 5.92 Å². The third-order valence-corrected chi connectivity index (χ3v) is 5.00. The predicted molar refractivity (Wildman–Crippen MR) is 125 cm³/mol. The number of fused-ring (bicyclic) bond motifs is 1. The van der Waals surface area contributed by atoms with Gasteiger partial charge in [-0.15, -0.1) is 0 Å². The minimum Gasteiger partial charge on any atom is -0.507 e. The zero-order valence-electron chi connectivity index (χ0n) is 19.3. The van der Waals surface area contributed by atoms with E-state index in [0.29, 0.717) is 50.1 Å². The van der Waals surface area contributed by atoms with Crippen molar-refractivity contribution in [2.24, 2.45) is 5.92 Å². The van der Waals surface area contributed by atoms with Crippen molar-refractivity contribution in [3.8, 4) is 11.5 Å². The van der Waals surface area contributed by atoms with E-state index in [-0.39, 0.29) is 39.9 Å². The van der Waals surface area contributed by atoms with Crippen LogP contribution in [-0.4, -0.2) is 53.0 Å². The first-order chi connectivity index (χ1) is 14.8. The molecular weight excluding hydrogens is 430 g/mol. The Bertz CT molecular complexity index is 862. The molecule has 6 N–H and O–H groups in total. The summed E-state index contributed by atoms with van der Waals surface area (Å²) < 4.78 is 11.2. The Morgan fingerprint density at radius 3 is 2.64 bits per heavy atom. The van der Waals surface area contributed by atoms with Crippen molar-refractivity contribution >= 4 is 23.7 Å². The molecule has 0 aromatic heterocycles. The molecule has 184 valence electrons. The van der Waals surface area contributed by atoms with Gasteiger partial charge in [0.15, 0.2) is 5.78 Å². The number of benzene rings is 1. The van der Waals surface area contributed by atoms with Gasteiger partial charge in [-0.2, -0.15) is 0 Å². The molecular formula is C24H35NO8. The molecule has 0 fully saturated rings. The number of cyclic esters (lactones) is 1. The number of carbonyl (C=O) groups is 3. The van der Waals surface area contributed by atoms with Crippen LogP contribution in [0.2, 0.25) is 0 Å².